The van der Waals surface area contributed by atoms with Gasteiger partial charge in [-0.2, -0.15) is 0 Å². The molecule has 132 valence electrons. The van der Waals surface area contributed by atoms with Gasteiger partial charge < -0.3 is 10.2 Å². The molecule has 4 rings (SSSR count). The molecular formula is C19H18N4OS2. The predicted octanol–water partition coefficient (Wildman–Crippen LogP) is 4.73. The molecule has 1 amide bonds. The van der Waals surface area contributed by atoms with Crippen LogP contribution in [-0.2, 0) is 11.2 Å². The molecule has 1 aliphatic rings. The zero-order chi connectivity index (χ0) is 17.9. The van der Waals surface area contributed by atoms with Gasteiger partial charge in [0, 0.05) is 22.8 Å². The number of aryl methyl sites for hydroxylation is 1. The minimum Gasteiger partial charge on any atom is -0.339 e. The monoisotopic (exact) mass is 382 g/mol. The van der Waals surface area contributed by atoms with Gasteiger partial charge in [0.25, 0.3) is 0 Å². The van der Waals surface area contributed by atoms with Crippen LogP contribution in [0.2, 0.25) is 0 Å². The Kier molecular flexibility index (Phi) is 4.90. The standard InChI is InChI=1S/C19H18N4OS2/c1-2-18-21-22-19(26-18)20-17(24)11-12-23-13-7-3-5-9-15(13)25-16-10-6-4-8-14(16)23/h3-10H,2,11-12H2,1H3,(H,20,22,24). The van der Waals surface area contributed by atoms with E-state index in [1.807, 2.05) is 31.2 Å². The SMILES string of the molecule is CCc1nnc(NC(=O)CCN2c3ccccc3Sc3ccccc32)s1. The number of carbonyl (C=O) groups is 1. The number of hydrogen-bond acceptors (Lipinski definition) is 6. The highest BCUT2D eigenvalue weighted by atomic mass is 32.2. The minimum absolute atomic E-state index is 0.0445. The van der Waals surface area contributed by atoms with E-state index in [0.29, 0.717) is 18.1 Å². The van der Waals surface area contributed by atoms with Crippen molar-refractivity contribution in [3.8, 4) is 0 Å². The lowest BCUT2D eigenvalue weighted by molar-refractivity contribution is -0.116. The average molecular weight is 383 g/mol. The molecule has 0 atom stereocenters. The molecule has 0 aliphatic carbocycles. The molecule has 7 heteroatoms. The van der Waals surface area contributed by atoms with Crippen molar-refractivity contribution < 1.29 is 4.79 Å². The number of benzene rings is 2. The molecule has 0 fully saturated rings. The summed E-state index contributed by atoms with van der Waals surface area (Å²) in [6.45, 7) is 2.63. The van der Waals surface area contributed by atoms with Crippen LogP contribution in [0.25, 0.3) is 0 Å². The maximum atomic E-state index is 12.4. The van der Waals surface area contributed by atoms with Gasteiger partial charge in [0.05, 0.1) is 11.4 Å². The first kappa shape index (κ1) is 17.1. The largest absolute Gasteiger partial charge is 0.339 e. The maximum Gasteiger partial charge on any atom is 0.227 e. The van der Waals surface area contributed by atoms with Crippen LogP contribution in [0.5, 0.6) is 0 Å². The molecule has 0 saturated heterocycles. The van der Waals surface area contributed by atoms with E-state index in [0.717, 1.165) is 22.8 Å². The molecule has 1 aliphatic heterocycles. The Morgan fingerprint density at radius 1 is 1.04 bits per heavy atom. The van der Waals surface area contributed by atoms with Crippen molar-refractivity contribution in [1.82, 2.24) is 10.2 Å². The Balaban J connectivity index is 1.50. The van der Waals surface area contributed by atoms with Crippen LogP contribution in [0.15, 0.2) is 58.3 Å². The normalized spacial score (nSPS) is 12.4. The molecule has 2 aromatic carbocycles. The number of amides is 1. The van der Waals surface area contributed by atoms with E-state index in [1.165, 1.54) is 21.1 Å². The van der Waals surface area contributed by atoms with Gasteiger partial charge in [-0.15, -0.1) is 10.2 Å². The van der Waals surface area contributed by atoms with Gasteiger partial charge in [-0.1, -0.05) is 54.3 Å². The summed E-state index contributed by atoms with van der Waals surface area (Å²) < 4.78 is 0. The highest BCUT2D eigenvalue weighted by Crippen LogP contribution is 2.47. The molecule has 0 unspecified atom stereocenters. The van der Waals surface area contributed by atoms with Crippen LogP contribution >= 0.6 is 23.1 Å². The third kappa shape index (κ3) is 3.45. The van der Waals surface area contributed by atoms with Gasteiger partial charge in [0.2, 0.25) is 11.0 Å². The van der Waals surface area contributed by atoms with E-state index in [1.54, 1.807) is 11.8 Å². The lowest BCUT2D eigenvalue weighted by atomic mass is 10.2. The molecule has 0 bridgehead atoms. The fourth-order valence-corrected chi connectivity index (χ4v) is 4.66. The van der Waals surface area contributed by atoms with Crippen molar-refractivity contribution in [2.75, 3.05) is 16.8 Å². The van der Waals surface area contributed by atoms with Crippen LogP contribution in [0.1, 0.15) is 18.4 Å². The highest BCUT2D eigenvalue weighted by Gasteiger charge is 2.23. The van der Waals surface area contributed by atoms with E-state index >= 15 is 0 Å². The Morgan fingerprint density at radius 3 is 2.31 bits per heavy atom. The molecule has 0 spiro atoms. The molecule has 3 aromatic rings. The summed E-state index contributed by atoms with van der Waals surface area (Å²) in [6.07, 6.45) is 1.21. The van der Waals surface area contributed by atoms with E-state index in [4.69, 9.17) is 0 Å². The first-order chi connectivity index (χ1) is 12.7. The summed E-state index contributed by atoms with van der Waals surface area (Å²) in [5.74, 6) is -0.0445. The topological polar surface area (TPSA) is 58.1 Å². The van der Waals surface area contributed by atoms with Crippen LogP contribution in [0.4, 0.5) is 16.5 Å². The number of rotatable bonds is 5. The van der Waals surface area contributed by atoms with Crippen molar-refractivity contribution in [1.29, 1.82) is 0 Å². The van der Waals surface area contributed by atoms with Crippen LogP contribution < -0.4 is 10.2 Å². The van der Waals surface area contributed by atoms with Gasteiger partial charge in [-0.05, 0) is 30.7 Å². The molecule has 1 N–H and O–H groups in total. The van der Waals surface area contributed by atoms with Crippen molar-refractivity contribution in [3.63, 3.8) is 0 Å². The Morgan fingerprint density at radius 2 is 1.69 bits per heavy atom. The van der Waals surface area contributed by atoms with Crippen molar-refractivity contribution in [3.05, 3.63) is 53.5 Å². The van der Waals surface area contributed by atoms with E-state index in [-0.39, 0.29) is 5.91 Å². The smallest absolute Gasteiger partial charge is 0.227 e. The molecule has 0 radical (unpaired) electrons. The summed E-state index contributed by atoms with van der Waals surface area (Å²) in [6, 6.07) is 16.6. The fourth-order valence-electron chi connectivity index (χ4n) is 2.86. The molecule has 5 nitrogen and oxygen atoms in total. The first-order valence-electron chi connectivity index (χ1n) is 8.50. The lowest BCUT2D eigenvalue weighted by Crippen LogP contribution is -2.25. The number of nitrogens with one attached hydrogen (secondary N) is 1. The Hall–Kier alpha value is -2.38. The second-order valence-corrected chi connectivity index (χ2v) is 7.99. The molecule has 2 heterocycles. The van der Waals surface area contributed by atoms with Crippen LogP contribution in [-0.4, -0.2) is 22.6 Å². The maximum absolute atomic E-state index is 12.4. The van der Waals surface area contributed by atoms with Gasteiger partial charge in [-0.25, -0.2) is 0 Å². The third-order valence-electron chi connectivity index (χ3n) is 4.11. The number of para-hydroxylation sites is 2. The van der Waals surface area contributed by atoms with E-state index in [9.17, 15) is 4.79 Å². The summed E-state index contributed by atoms with van der Waals surface area (Å²) in [4.78, 5) is 17.0. The molecule has 26 heavy (non-hydrogen) atoms. The second-order valence-electron chi connectivity index (χ2n) is 5.84. The molecule has 1 aromatic heterocycles. The quantitative estimate of drug-likeness (QED) is 0.691. The van der Waals surface area contributed by atoms with Gasteiger partial charge in [0.15, 0.2) is 0 Å². The minimum atomic E-state index is -0.0445. The number of aromatic nitrogens is 2. The van der Waals surface area contributed by atoms with Crippen molar-refractivity contribution in [2.24, 2.45) is 0 Å². The predicted molar refractivity (Wildman–Crippen MR) is 107 cm³/mol. The number of nitrogens with zero attached hydrogens (tertiary/aromatic N) is 3. The first-order valence-corrected chi connectivity index (χ1v) is 10.1. The van der Waals surface area contributed by atoms with Gasteiger partial charge in [0.1, 0.15) is 5.01 Å². The van der Waals surface area contributed by atoms with E-state index in [2.05, 4.69) is 44.7 Å². The molecular weight excluding hydrogens is 364 g/mol. The highest BCUT2D eigenvalue weighted by molar-refractivity contribution is 7.99. The Bertz CT molecular complexity index is 895. The van der Waals surface area contributed by atoms with Crippen LogP contribution in [0, 0.1) is 0 Å². The van der Waals surface area contributed by atoms with Gasteiger partial charge in [-0.3, -0.25) is 4.79 Å². The lowest BCUT2D eigenvalue weighted by Gasteiger charge is -2.32. The summed E-state index contributed by atoms with van der Waals surface area (Å²) in [5.41, 5.74) is 2.29. The van der Waals surface area contributed by atoms with E-state index < -0.39 is 0 Å². The number of fused-ring (bicyclic) bond motifs is 2. The second kappa shape index (κ2) is 7.47. The van der Waals surface area contributed by atoms with Gasteiger partial charge >= 0.3 is 0 Å². The van der Waals surface area contributed by atoms with Crippen molar-refractivity contribution >= 4 is 45.5 Å². The van der Waals surface area contributed by atoms with Crippen LogP contribution in [0.3, 0.4) is 0 Å². The summed E-state index contributed by atoms with van der Waals surface area (Å²) in [5, 5.41) is 12.4. The fraction of sp³-hybridized carbons (Fsp3) is 0.211. The van der Waals surface area contributed by atoms with Crippen molar-refractivity contribution in [2.45, 2.75) is 29.6 Å². The average Bonchev–Trinajstić information content (AvgIpc) is 3.12. The number of anilines is 3. The Labute approximate surface area is 160 Å². The summed E-state index contributed by atoms with van der Waals surface area (Å²) in [7, 11) is 0. The number of hydrogen-bond donors (Lipinski definition) is 1. The number of carbonyl (C=O) groups excluding carboxylic acids is 1. The third-order valence-corrected chi connectivity index (χ3v) is 6.22. The molecule has 0 saturated carbocycles. The zero-order valence-electron chi connectivity index (χ0n) is 14.3. The summed E-state index contributed by atoms with van der Waals surface area (Å²) >= 11 is 3.20. The zero-order valence-corrected chi connectivity index (χ0v) is 15.9.